The molecular formula is C62H92N8O13S. The molecular weight excluding hydrogens is 1100 g/mol. The molecule has 2 aliphatic heterocycles. The number of imide groups is 1. The number of carboxylic acids is 1. The summed E-state index contributed by atoms with van der Waals surface area (Å²) in [6.45, 7) is 17.2. The second kappa shape index (κ2) is 33.8. The summed E-state index contributed by atoms with van der Waals surface area (Å²) in [5.41, 5.74) is 12.5. The number of hydrogen-bond donors (Lipinski definition) is 5. The minimum absolute atomic E-state index is 0.0227. The van der Waals surface area contributed by atoms with Crippen LogP contribution < -0.4 is 22.1 Å². The van der Waals surface area contributed by atoms with Crippen molar-refractivity contribution >= 4 is 76.1 Å². The van der Waals surface area contributed by atoms with Gasteiger partial charge in [0.25, 0.3) is 17.7 Å². The number of carbonyl (C=O) groups excluding carboxylic acids is 10. The van der Waals surface area contributed by atoms with Crippen LogP contribution in [0.1, 0.15) is 179 Å². The zero-order valence-electron chi connectivity index (χ0n) is 50.9. The van der Waals surface area contributed by atoms with E-state index in [1.807, 2.05) is 46.6 Å². The van der Waals surface area contributed by atoms with Crippen molar-refractivity contribution in [3.05, 3.63) is 63.6 Å². The molecule has 0 radical (unpaired) electrons. The monoisotopic (exact) mass is 1190 g/mol. The number of ether oxygens (including phenoxy) is 1. The van der Waals surface area contributed by atoms with E-state index in [4.69, 9.17) is 16.2 Å². The number of ketones is 3. The fourth-order valence-corrected chi connectivity index (χ4v) is 12.0. The van der Waals surface area contributed by atoms with Crippen LogP contribution in [0.2, 0.25) is 0 Å². The van der Waals surface area contributed by atoms with E-state index in [-0.39, 0.29) is 99.0 Å². The molecule has 2 aliphatic rings. The summed E-state index contributed by atoms with van der Waals surface area (Å²) in [5, 5.41) is 17.6. The second-order valence-corrected chi connectivity index (χ2v) is 24.5. The van der Waals surface area contributed by atoms with Crippen LogP contribution in [0.15, 0.2) is 41.8 Å². The summed E-state index contributed by atoms with van der Waals surface area (Å²) >= 11 is 1.13. The van der Waals surface area contributed by atoms with Gasteiger partial charge in [0.15, 0.2) is 23.5 Å². The first-order valence-electron chi connectivity index (χ1n) is 29.9. The average molecular weight is 1190 g/mol. The number of carbonyl (C=O) groups is 11. The SMILES string of the molecule is CCCN(C(=O)[C@@H](CC(=O)[C@H]1CCCCN1C)[C@@H](C)CC)[C@H](C[C@@H](OC(C)=O)c1nc(C(=O)N[C@@H](Cc2ccc(CC(=O)[C@H](CCCCC(N)=O)NC(=O)[C@@H](CC(=O)C(CN)N3C(=O)C=CC3=O)C(C)C)cc2)C[C@H](C)C(=O)O)cs1)C(C)C. The number of hydrogen-bond acceptors (Lipinski definition) is 16. The molecule has 0 saturated carbocycles. The highest BCUT2D eigenvalue weighted by Crippen LogP contribution is 2.34. The van der Waals surface area contributed by atoms with Crippen molar-refractivity contribution in [2.45, 2.75) is 195 Å². The molecule has 4 rings (SSSR count). The number of benzene rings is 1. The van der Waals surface area contributed by atoms with E-state index in [0.29, 0.717) is 48.4 Å². The lowest BCUT2D eigenvalue weighted by Crippen LogP contribution is -2.51. The summed E-state index contributed by atoms with van der Waals surface area (Å²) in [5.74, 6) is -8.59. The topological polar surface area (TPSA) is 316 Å². The van der Waals surface area contributed by atoms with Gasteiger partial charge in [-0.25, -0.2) is 4.98 Å². The number of piperidine rings is 1. The number of amides is 6. The third-order valence-corrected chi connectivity index (χ3v) is 17.3. The highest BCUT2D eigenvalue weighted by molar-refractivity contribution is 7.09. The van der Waals surface area contributed by atoms with Crippen molar-refractivity contribution < 1.29 is 62.6 Å². The standard InChI is InChI=1S/C62H92N8O13S/c1-11-26-69(61(80)45(38(7)12-2)32-52(73)48-18-15-16-27-68(48)10)49(37(5)6)33-54(83-40(9)71)60-67-47(35-84-60)59(79)65-43(28-39(8)62(81)82)29-41-20-22-42(23-21-41)30-51(72)46(17-13-14-19-55(64)75)66-58(78)44(36(3)4)31-53(74)50(34-63)70-56(76)24-25-57(70)77/h20-25,35-39,43-46,48-50,54H,11-19,26-34,63H2,1-10H3,(H2,64,75)(H,65,79)(H,66,78)(H,81,82)/t38-,39-,43+,44-,45-,46-,48+,49+,50?,54+/m0/s1. The Balaban J connectivity index is 1.52. The second-order valence-electron chi connectivity index (χ2n) is 23.6. The first-order chi connectivity index (χ1) is 39.7. The maximum Gasteiger partial charge on any atom is 0.306 e. The molecule has 1 fully saturated rings. The van der Waals surface area contributed by atoms with Crippen molar-refractivity contribution in [1.82, 2.24) is 30.3 Å². The number of nitrogens with two attached hydrogens (primary N) is 2. The van der Waals surface area contributed by atoms with Gasteiger partial charge in [0, 0.05) is 93.6 Å². The Bertz CT molecular complexity index is 2640. The van der Waals surface area contributed by atoms with Crippen molar-refractivity contribution in [3.63, 3.8) is 0 Å². The van der Waals surface area contributed by atoms with E-state index < -0.39 is 101 Å². The summed E-state index contributed by atoms with van der Waals surface area (Å²) in [6, 6.07) is 3.30. The van der Waals surface area contributed by atoms with Gasteiger partial charge in [-0.1, -0.05) is 98.9 Å². The molecule has 464 valence electrons. The lowest BCUT2D eigenvalue weighted by atomic mass is 9.82. The minimum atomic E-state index is -1.28. The van der Waals surface area contributed by atoms with Gasteiger partial charge < -0.3 is 36.8 Å². The Hall–Kier alpha value is -6.52. The molecule has 1 aromatic carbocycles. The minimum Gasteiger partial charge on any atom is -0.481 e. The Morgan fingerprint density at radius 3 is 2.07 bits per heavy atom. The van der Waals surface area contributed by atoms with E-state index in [9.17, 15) is 57.8 Å². The highest BCUT2D eigenvalue weighted by atomic mass is 32.1. The number of aromatic nitrogens is 1. The van der Waals surface area contributed by atoms with Gasteiger partial charge in [0.05, 0.1) is 18.0 Å². The number of esters is 1. The molecule has 84 heavy (non-hydrogen) atoms. The predicted molar refractivity (Wildman–Crippen MR) is 318 cm³/mol. The number of primary amides is 1. The lowest BCUT2D eigenvalue weighted by molar-refractivity contribution is -0.150. The van der Waals surface area contributed by atoms with E-state index in [1.165, 1.54) is 13.8 Å². The maximum atomic E-state index is 14.8. The Morgan fingerprint density at radius 2 is 1.51 bits per heavy atom. The molecule has 6 amide bonds. The fraction of sp³-hybridized carbons (Fsp3) is 0.645. The van der Waals surface area contributed by atoms with E-state index in [1.54, 1.807) is 43.5 Å². The fourth-order valence-electron chi connectivity index (χ4n) is 11.2. The van der Waals surface area contributed by atoms with Gasteiger partial charge in [0.1, 0.15) is 16.7 Å². The Kier molecular flexibility index (Phi) is 28.2. The van der Waals surface area contributed by atoms with Gasteiger partial charge in [-0.2, -0.15) is 0 Å². The Labute approximate surface area is 499 Å². The Morgan fingerprint density at radius 1 is 0.857 bits per heavy atom. The summed E-state index contributed by atoms with van der Waals surface area (Å²) in [7, 11) is 1.96. The largest absolute Gasteiger partial charge is 0.481 e. The molecule has 21 nitrogen and oxygen atoms in total. The van der Waals surface area contributed by atoms with E-state index in [0.717, 1.165) is 54.2 Å². The lowest BCUT2D eigenvalue weighted by Gasteiger charge is -2.39. The van der Waals surface area contributed by atoms with Crippen LogP contribution in [0.4, 0.5) is 0 Å². The molecule has 1 unspecified atom stereocenters. The zero-order valence-corrected chi connectivity index (χ0v) is 51.7. The molecule has 1 aromatic heterocycles. The number of likely N-dealkylation sites (tertiary alicyclic amines) is 1. The predicted octanol–water partition coefficient (Wildman–Crippen LogP) is 6.08. The first-order valence-corrected chi connectivity index (χ1v) is 30.8. The molecule has 0 aliphatic carbocycles. The molecule has 0 spiro atoms. The van der Waals surface area contributed by atoms with Gasteiger partial charge >= 0.3 is 11.9 Å². The smallest absolute Gasteiger partial charge is 0.306 e. The number of unbranched alkanes of at least 4 members (excludes halogenated alkanes) is 1. The van der Waals surface area contributed by atoms with Crippen molar-refractivity contribution in [2.24, 2.45) is 47.0 Å². The maximum absolute atomic E-state index is 14.8. The molecule has 22 heteroatoms. The normalized spacial score (nSPS) is 17.8. The number of aliphatic carboxylic acids is 1. The number of thiazole rings is 1. The third-order valence-electron chi connectivity index (χ3n) is 16.4. The van der Waals surface area contributed by atoms with Crippen LogP contribution in [0.25, 0.3) is 0 Å². The van der Waals surface area contributed by atoms with Gasteiger partial charge in [0.2, 0.25) is 17.7 Å². The number of nitrogens with zero attached hydrogens (tertiary/aromatic N) is 4. The van der Waals surface area contributed by atoms with Crippen LogP contribution in [0, 0.1) is 35.5 Å². The number of nitrogens with one attached hydrogen (secondary N) is 2. The number of rotatable bonds is 37. The molecule has 1 saturated heterocycles. The summed E-state index contributed by atoms with van der Waals surface area (Å²) < 4.78 is 5.92. The van der Waals surface area contributed by atoms with Crippen LogP contribution in [0.5, 0.6) is 0 Å². The molecule has 3 heterocycles. The molecule has 2 aromatic rings. The van der Waals surface area contributed by atoms with Crippen LogP contribution in [-0.4, -0.2) is 146 Å². The van der Waals surface area contributed by atoms with Crippen molar-refractivity contribution in [2.75, 3.05) is 26.7 Å². The number of likely N-dealkylation sites (N-methyl/N-ethyl adjacent to an activating group) is 1. The van der Waals surface area contributed by atoms with Gasteiger partial charge in [-0.15, -0.1) is 11.3 Å². The molecule has 0 bridgehead atoms. The van der Waals surface area contributed by atoms with Crippen LogP contribution in [-0.2, 0) is 65.5 Å². The van der Waals surface area contributed by atoms with Crippen molar-refractivity contribution in [3.8, 4) is 0 Å². The summed E-state index contributed by atoms with van der Waals surface area (Å²) in [4.78, 5) is 155. The first kappa shape index (κ1) is 70.0. The van der Waals surface area contributed by atoms with Crippen LogP contribution >= 0.6 is 11.3 Å². The quantitative estimate of drug-likeness (QED) is 0.0291. The zero-order chi connectivity index (χ0) is 62.5. The van der Waals surface area contributed by atoms with Gasteiger partial charge in [-0.05, 0) is 87.4 Å². The molecule has 7 N–H and O–H groups in total. The molecule has 10 atom stereocenters. The number of carboxylic acid groups (broad SMARTS) is 1. The highest BCUT2D eigenvalue weighted by Gasteiger charge is 2.41. The number of Topliss-reactive ketones (excluding diaryl/α,β-unsaturated/α-hetero) is 3. The average Bonchev–Trinajstić information content (AvgIpc) is 4.18. The van der Waals surface area contributed by atoms with E-state index in [2.05, 4.69) is 20.5 Å². The van der Waals surface area contributed by atoms with Crippen LogP contribution in [0.3, 0.4) is 0 Å². The van der Waals surface area contributed by atoms with E-state index >= 15 is 0 Å². The van der Waals surface area contributed by atoms with Gasteiger partial charge in [-0.3, -0.25) is 62.5 Å². The summed E-state index contributed by atoms with van der Waals surface area (Å²) in [6.07, 6.45) is 6.32. The third kappa shape index (κ3) is 20.6. The van der Waals surface area contributed by atoms with Crippen molar-refractivity contribution in [1.29, 1.82) is 0 Å².